The van der Waals surface area contributed by atoms with Crippen LogP contribution in [0.3, 0.4) is 0 Å². The van der Waals surface area contributed by atoms with Crippen LogP contribution in [0.4, 0.5) is 4.79 Å². The van der Waals surface area contributed by atoms with Gasteiger partial charge in [-0.25, -0.2) is 4.79 Å². The van der Waals surface area contributed by atoms with Crippen molar-refractivity contribution in [3.05, 3.63) is 35.9 Å². The Morgan fingerprint density at radius 3 is 2.59 bits per heavy atom. The van der Waals surface area contributed by atoms with Crippen LogP contribution >= 0.6 is 0 Å². The van der Waals surface area contributed by atoms with Gasteiger partial charge in [0.1, 0.15) is 6.61 Å². The molecule has 1 saturated heterocycles. The molecule has 1 aromatic carbocycles. The van der Waals surface area contributed by atoms with E-state index in [1.807, 2.05) is 51.1 Å². The van der Waals surface area contributed by atoms with E-state index in [1.54, 1.807) is 9.80 Å². The monoisotopic (exact) mass is 375 g/mol. The van der Waals surface area contributed by atoms with Crippen LogP contribution < -0.4 is 5.73 Å². The summed E-state index contributed by atoms with van der Waals surface area (Å²) in [4.78, 5) is 28.8. The summed E-state index contributed by atoms with van der Waals surface area (Å²) in [6, 6.07) is 9.13. The van der Waals surface area contributed by atoms with E-state index >= 15 is 0 Å². The molecular weight excluding hydrogens is 342 g/mol. The minimum Gasteiger partial charge on any atom is -0.445 e. The van der Waals surface area contributed by atoms with Crippen LogP contribution in [0.1, 0.15) is 45.6 Å². The van der Waals surface area contributed by atoms with Gasteiger partial charge >= 0.3 is 6.09 Å². The number of carbonyl (C=O) groups excluding carboxylic acids is 2. The second kappa shape index (κ2) is 10.3. The van der Waals surface area contributed by atoms with Gasteiger partial charge in [-0.15, -0.1) is 0 Å². The van der Waals surface area contributed by atoms with E-state index in [1.165, 1.54) is 0 Å². The molecule has 0 bridgehead atoms. The van der Waals surface area contributed by atoms with Crippen LogP contribution in [0.2, 0.25) is 0 Å². The lowest BCUT2D eigenvalue weighted by molar-refractivity contribution is -0.134. The van der Waals surface area contributed by atoms with Gasteiger partial charge in [-0.2, -0.15) is 0 Å². The van der Waals surface area contributed by atoms with Crippen LogP contribution in [0.25, 0.3) is 0 Å². The first-order chi connectivity index (χ1) is 12.9. The number of nitrogens with zero attached hydrogens (tertiary/aromatic N) is 2. The largest absolute Gasteiger partial charge is 0.445 e. The van der Waals surface area contributed by atoms with E-state index in [4.69, 9.17) is 10.5 Å². The average molecular weight is 376 g/mol. The van der Waals surface area contributed by atoms with Gasteiger partial charge in [-0.1, -0.05) is 44.2 Å². The van der Waals surface area contributed by atoms with Crippen molar-refractivity contribution in [1.29, 1.82) is 0 Å². The fourth-order valence-corrected chi connectivity index (χ4v) is 3.36. The van der Waals surface area contributed by atoms with Gasteiger partial charge in [0.15, 0.2) is 0 Å². The second-order valence-electron chi connectivity index (χ2n) is 7.53. The predicted molar refractivity (Wildman–Crippen MR) is 106 cm³/mol. The molecule has 0 aromatic heterocycles. The Labute approximate surface area is 162 Å². The summed E-state index contributed by atoms with van der Waals surface area (Å²) in [5.74, 6) is 0.0422. The number of likely N-dealkylation sites (tertiary alicyclic amines) is 1. The highest BCUT2D eigenvalue weighted by atomic mass is 16.6. The number of benzene rings is 1. The van der Waals surface area contributed by atoms with E-state index in [9.17, 15) is 9.59 Å². The van der Waals surface area contributed by atoms with Gasteiger partial charge in [0, 0.05) is 19.6 Å². The molecule has 6 heteroatoms. The van der Waals surface area contributed by atoms with E-state index < -0.39 is 6.04 Å². The van der Waals surface area contributed by atoms with Crippen molar-refractivity contribution in [1.82, 2.24) is 9.80 Å². The summed E-state index contributed by atoms with van der Waals surface area (Å²) in [5, 5.41) is 0. The molecule has 1 fully saturated rings. The Bertz CT molecular complexity index is 606. The quantitative estimate of drug-likeness (QED) is 0.795. The van der Waals surface area contributed by atoms with Gasteiger partial charge < -0.3 is 20.3 Å². The highest BCUT2D eigenvalue weighted by Crippen LogP contribution is 2.20. The molecule has 1 heterocycles. The van der Waals surface area contributed by atoms with Crippen LogP contribution in [0, 0.1) is 5.92 Å². The summed E-state index contributed by atoms with van der Waals surface area (Å²) in [6.45, 7) is 7.87. The first-order valence-electron chi connectivity index (χ1n) is 9.95. The maximum Gasteiger partial charge on any atom is 0.410 e. The fourth-order valence-electron chi connectivity index (χ4n) is 3.36. The number of nitrogens with two attached hydrogens (primary N) is 1. The van der Waals surface area contributed by atoms with Gasteiger partial charge in [-0.05, 0) is 37.7 Å². The van der Waals surface area contributed by atoms with Crippen LogP contribution in [0.5, 0.6) is 0 Å². The summed E-state index contributed by atoms with van der Waals surface area (Å²) in [7, 11) is 0. The first-order valence-corrected chi connectivity index (χ1v) is 9.95. The Hall–Kier alpha value is -2.08. The normalized spacial score (nSPS) is 18.3. The molecule has 0 unspecified atom stereocenters. The minimum absolute atomic E-state index is 0.0229. The lowest BCUT2D eigenvalue weighted by atomic mass is 10.0. The lowest BCUT2D eigenvalue weighted by Gasteiger charge is -2.38. The molecule has 0 radical (unpaired) electrons. The van der Waals surface area contributed by atoms with Crippen molar-refractivity contribution in [2.24, 2.45) is 11.7 Å². The zero-order valence-electron chi connectivity index (χ0n) is 16.8. The molecule has 2 rings (SSSR count). The van der Waals surface area contributed by atoms with Crippen molar-refractivity contribution >= 4 is 12.0 Å². The highest BCUT2D eigenvalue weighted by Gasteiger charge is 2.32. The second-order valence-corrected chi connectivity index (χ2v) is 7.53. The zero-order valence-corrected chi connectivity index (χ0v) is 16.8. The first kappa shape index (κ1) is 21.2. The summed E-state index contributed by atoms with van der Waals surface area (Å²) in [5.41, 5.74) is 7.02. The lowest BCUT2D eigenvalue weighted by Crippen LogP contribution is -2.54. The van der Waals surface area contributed by atoms with Crippen molar-refractivity contribution in [3.63, 3.8) is 0 Å². The van der Waals surface area contributed by atoms with Crippen molar-refractivity contribution in [2.75, 3.05) is 19.6 Å². The smallest absolute Gasteiger partial charge is 0.410 e. The number of ether oxygens (including phenoxy) is 1. The van der Waals surface area contributed by atoms with Gasteiger partial charge in [0.05, 0.1) is 12.1 Å². The van der Waals surface area contributed by atoms with Crippen molar-refractivity contribution in [3.8, 4) is 0 Å². The van der Waals surface area contributed by atoms with Crippen LogP contribution in [-0.4, -0.2) is 53.5 Å². The predicted octanol–water partition coefficient (Wildman–Crippen LogP) is 3.01. The Kier molecular flexibility index (Phi) is 8.10. The van der Waals surface area contributed by atoms with E-state index in [0.717, 1.165) is 24.8 Å². The number of piperidine rings is 1. The molecule has 6 nitrogen and oxygen atoms in total. The van der Waals surface area contributed by atoms with E-state index in [-0.39, 0.29) is 30.6 Å². The molecule has 150 valence electrons. The molecular formula is C21H33N3O3. The van der Waals surface area contributed by atoms with E-state index in [2.05, 4.69) is 0 Å². The number of amides is 2. The number of likely N-dealkylation sites (N-methyl/N-ethyl adjacent to an activating group) is 1. The number of rotatable bonds is 7. The molecule has 2 amide bonds. The Morgan fingerprint density at radius 2 is 1.96 bits per heavy atom. The molecule has 1 aliphatic rings. The van der Waals surface area contributed by atoms with Crippen molar-refractivity contribution < 1.29 is 14.3 Å². The van der Waals surface area contributed by atoms with Gasteiger partial charge in [0.25, 0.3) is 0 Å². The average Bonchev–Trinajstić information content (AvgIpc) is 2.70. The molecule has 0 spiro atoms. The molecule has 1 aromatic rings. The summed E-state index contributed by atoms with van der Waals surface area (Å²) in [6.07, 6.45) is 2.58. The standard InChI is InChI=1S/C21H33N3O3/c1-4-23(20(25)19(22)16(2)3)14-18-12-8-9-13-24(18)21(26)27-15-17-10-6-5-7-11-17/h5-7,10-11,16,18-19H,4,8-9,12-15,22H2,1-3H3/t18-,19-/m0/s1. The van der Waals surface area contributed by atoms with Crippen LogP contribution in [0.15, 0.2) is 30.3 Å². The maximum absolute atomic E-state index is 12.6. The highest BCUT2D eigenvalue weighted by molar-refractivity contribution is 5.82. The SMILES string of the molecule is CCN(C[C@@H]1CCCCN1C(=O)OCc1ccccc1)C(=O)[C@@H](N)C(C)C. The Balaban J connectivity index is 1.98. The molecule has 0 aliphatic carbocycles. The molecule has 2 atom stereocenters. The minimum atomic E-state index is -0.507. The topological polar surface area (TPSA) is 75.9 Å². The molecule has 27 heavy (non-hydrogen) atoms. The summed E-state index contributed by atoms with van der Waals surface area (Å²) < 4.78 is 5.52. The third-order valence-corrected chi connectivity index (χ3v) is 5.19. The third kappa shape index (κ3) is 5.96. The number of hydrogen-bond donors (Lipinski definition) is 1. The molecule has 0 saturated carbocycles. The molecule has 1 aliphatic heterocycles. The zero-order chi connectivity index (χ0) is 19.8. The number of hydrogen-bond acceptors (Lipinski definition) is 4. The Morgan fingerprint density at radius 1 is 1.26 bits per heavy atom. The van der Waals surface area contributed by atoms with Gasteiger partial charge in [-0.3, -0.25) is 4.79 Å². The summed E-state index contributed by atoms with van der Waals surface area (Å²) >= 11 is 0. The molecule has 2 N–H and O–H groups in total. The van der Waals surface area contributed by atoms with E-state index in [0.29, 0.717) is 19.6 Å². The number of carbonyl (C=O) groups is 2. The fraction of sp³-hybridized carbons (Fsp3) is 0.619. The van der Waals surface area contributed by atoms with Gasteiger partial charge in [0.2, 0.25) is 5.91 Å². The van der Waals surface area contributed by atoms with Crippen molar-refractivity contribution in [2.45, 2.75) is 58.7 Å². The third-order valence-electron chi connectivity index (χ3n) is 5.19. The van der Waals surface area contributed by atoms with Crippen LogP contribution in [-0.2, 0) is 16.1 Å². The maximum atomic E-state index is 12.6.